The number of aromatic nitrogens is 2. The van der Waals surface area contributed by atoms with Crippen molar-refractivity contribution in [1.29, 1.82) is 0 Å². The first-order valence-corrected chi connectivity index (χ1v) is 5.62. The summed E-state index contributed by atoms with van der Waals surface area (Å²) < 4.78 is 7.15. The molecule has 1 aromatic rings. The van der Waals surface area contributed by atoms with E-state index in [0.29, 0.717) is 13.2 Å². The van der Waals surface area contributed by atoms with Gasteiger partial charge in [0.25, 0.3) is 0 Å². The molecule has 0 spiro atoms. The van der Waals surface area contributed by atoms with Crippen molar-refractivity contribution in [3.05, 3.63) is 18.0 Å². The highest BCUT2D eigenvalue weighted by molar-refractivity contribution is 5.13. The number of aliphatic hydroxyl groups is 1. The van der Waals surface area contributed by atoms with Gasteiger partial charge in [0.15, 0.2) is 0 Å². The number of nitrogens with two attached hydrogens (primary N) is 1. The molecule has 0 amide bonds. The summed E-state index contributed by atoms with van der Waals surface area (Å²) >= 11 is 0. The Labute approximate surface area is 95.2 Å². The molecule has 2 atom stereocenters. The molecule has 5 heteroatoms. The fraction of sp³-hybridized carbons (Fsp3) is 0.727. The molecule has 0 aliphatic carbocycles. The van der Waals surface area contributed by atoms with Gasteiger partial charge in [-0.3, -0.25) is 4.68 Å². The van der Waals surface area contributed by atoms with Crippen molar-refractivity contribution in [2.24, 2.45) is 18.2 Å². The zero-order valence-corrected chi connectivity index (χ0v) is 9.59. The van der Waals surface area contributed by atoms with Gasteiger partial charge in [0.2, 0.25) is 0 Å². The smallest absolute Gasteiger partial charge is 0.0910 e. The summed E-state index contributed by atoms with van der Waals surface area (Å²) in [6, 6.07) is 0. The van der Waals surface area contributed by atoms with Crippen molar-refractivity contribution in [3.8, 4) is 0 Å². The van der Waals surface area contributed by atoms with Crippen LogP contribution >= 0.6 is 0 Å². The summed E-state index contributed by atoms with van der Waals surface area (Å²) in [5.74, 6) is 0. The molecule has 0 aromatic carbocycles. The SMILES string of the molecule is Cn1cc(C(O)C2(CN)CCCOC2)cn1. The van der Waals surface area contributed by atoms with E-state index in [1.165, 1.54) is 0 Å². The van der Waals surface area contributed by atoms with Crippen molar-refractivity contribution < 1.29 is 9.84 Å². The van der Waals surface area contributed by atoms with Gasteiger partial charge in [-0.25, -0.2) is 0 Å². The number of aryl methyl sites for hydroxylation is 1. The second-order valence-electron chi connectivity index (χ2n) is 4.57. The van der Waals surface area contributed by atoms with Crippen molar-refractivity contribution >= 4 is 0 Å². The number of aliphatic hydroxyl groups excluding tert-OH is 1. The van der Waals surface area contributed by atoms with Crippen molar-refractivity contribution in [2.45, 2.75) is 18.9 Å². The van der Waals surface area contributed by atoms with E-state index in [0.717, 1.165) is 25.0 Å². The normalized spacial score (nSPS) is 27.9. The van der Waals surface area contributed by atoms with Crippen LogP contribution in [0.1, 0.15) is 24.5 Å². The lowest BCUT2D eigenvalue weighted by atomic mass is 9.75. The van der Waals surface area contributed by atoms with E-state index in [1.807, 2.05) is 13.2 Å². The van der Waals surface area contributed by atoms with Gasteiger partial charge in [-0.05, 0) is 12.8 Å². The Hall–Kier alpha value is -0.910. The summed E-state index contributed by atoms with van der Waals surface area (Å²) in [6.07, 6.45) is 4.79. The standard InChI is InChI=1S/C11H19N3O2/c1-14-6-9(5-13-14)10(15)11(7-12)3-2-4-16-8-11/h5-6,10,15H,2-4,7-8,12H2,1H3. The van der Waals surface area contributed by atoms with Crippen LogP contribution in [0.25, 0.3) is 0 Å². The van der Waals surface area contributed by atoms with Crippen LogP contribution < -0.4 is 5.73 Å². The van der Waals surface area contributed by atoms with Gasteiger partial charge in [-0.1, -0.05) is 0 Å². The molecule has 2 rings (SSSR count). The summed E-state index contributed by atoms with van der Waals surface area (Å²) in [5, 5.41) is 14.5. The van der Waals surface area contributed by atoms with E-state index >= 15 is 0 Å². The molecule has 1 aliphatic heterocycles. The number of nitrogens with zero attached hydrogens (tertiary/aromatic N) is 2. The molecule has 0 saturated carbocycles. The van der Waals surface area contributed by atoms with E-state index in [4.69, 9.17) is 10.5 Å². The molecule has 90 valence electrons. The third-order valence-electron chi connectivity index (χ3n) is 3.38. The van der Waals surface area contributed by atoms with E-state index in [2.05, 4.69) is 5.10 Å². The zero-order chi connectivity index (χ0) is 11.6. The predicted molar refractivity (Wildman–Crippen MR) is 59.7 cm³/mol. The number of hydrogen-bond donors (Lipinski definition) is 2. The van der Waals surface area contributed by atoms with Crippen LogP contribution in [0, 0.1) is 5.41 Å². The lowest BCUT2D eigenvalue weighted by Gasteiger charge is -2.39. The molecular weight excluding hydrogens is 206 g/mol. The lowest BCUT2D eigenvalue weighted by Crippen LogP contribution is -2.43. The maximum atomic E-state index is 10.4. The first-order valence-electron chi connectivity index (χ1n) is 5.62. The minimum absolute atomic E-state index is 0.346. The molecule has 0 radical (unpaired) electrons. The third-order valence-corrected chi connectivity index (χ3v) is 3.38. The fourth-order valence-electron chi connectivity index (χ4n) is 2.30. The first kappa shape index (κ1) is 11.6. The fourth-order valence-corrected chi connectivity index (χ4v) is 2.30. The van der Waals surface area contributed by atoms with Crippen LogP contribution in [0.15, 0.2) is 12.4 Å². The lowest BCUT2D eigenvalue weighted by molar-refractivity contribution is -0.0782. The van der Waals surface area contributed by atoms with Crippen LogP contribution in [0.4, 0.5) is 0 Å². The highest BCUT2D eigenvalue weighted by Gasteiger charge is 2.40. The van der Waals surface area contributed by atoms with Crippen molar-refractivity contribution in [2.75, 3.05) is 19.8 Å². The second-order valence-corrected chi connectivity index (χ2v) is 4.57. The molecule has 16 heavy (non-hydrogen) atoms. The molecule has 3 N–H and O–H groups in total. The van der Waals surface area contributed by atoms with Crippen LogP contribution in [-0.2, 0) is 11.8 Å². The summed E-state index contributed by atoms with van der Waals surface area (Å²) in [4.78, 5) is 0. The van der Waals surface area contributed by atoms with Crippen LogP contribution in [0.5, 0.6) is 0 Å². The Morgan fingerprint density at radius 2 is 2.56 bits per heavy atom. The van der Waals surface area contributed by atoms with E-state index in [9.17, 15) is 5.11 Å². The molecule has 1 aliphatic rings. The Kier molecular flexibility index (Phi) is 3.28. The van der Waals surface area contributed by atoms with Gasteiger partial charge in [0, 0.05) is 37.4 Å². The maximum absolute atomic E-state index is 10.4. The van der Waals surface area contributed by atoms with Crippen molar-refractivity contribution in [1.82, 2.24) is 9.78 Å². The van der Waals surface area contributed by atoms with E-state index in [1.54, 1.807) is 10.9 Å². The van der Waals surface area contributed by atoms with E-state index in [-0.39, 0.29) is 5.41 Å². The third kappa shape index (κ3) is 1.98. The van der Waals surface area contributed by atoms with Gasteiger partial charge >= 0.3 is 0 Å². The van der Waals surface area contributed by atoms with Gasteiger partial charge in [0.1, 0.15) is 0 Å². The summed E-state index contributed by atoms with van der Waals surface area (Å²) in [5.41, 5.74) is 6.29. The Morgan fingerprint density at radius 3 is 3.06 bits per heavy atom. The molecule has 2 heterocycles. The number of rotatable bonds is 3. The predicted octanol–water partition coefficient (Wildman–Crippen LogP) is 0.209. The Bertz CT molecular complexity index is 345. The average Bonchev–Trinajstić information content (AvgIpc) is 2.76. The molecule has 1 fully saturated rings. The van der Waals surface area contributed by atoms with Crippen LogP contribution in [0.3, 0.4) is 0 Å². The minimum Gasteiger partial charge on any atom is -0.388 e. The molecule has 5 nitrogen and oxygen atoms in total. The average molecular weight is 225 g/mol. The van der Waals surface area contributed by atoms with E-state index < -0.39 is 6.10 Å². The highest BCUT2D eigenvalue weighted by atomic mass is 16.5. The van der Waals surface area contributed by atoms with Gasteiger partial charge < -0.3 is 15.6 Å². The van der Waals surface area contributed by atoms with Gasteiger partial charge in [0.05, 0.1) is 18.9 Å². The van der Waals surface area contributed by atoms with Crippen molar-refractivity contribution in [3.63, 3.8) is 0 Å². The summed E-state index contributed by atoms with van der Waals surface area (Å²) in [7, 11) is 1.84. The zero-order valence-electron chi connectivity index (χ0n) is 9.59. The molecular formula is C11H19N3O2. The first-order chi connectivity index (χ1) is 7.68. The van der Waals surface area contributed by atoms with Gasteiger partial charge in [-0.15, -0.1) is 0 Å². The number of ether oxygens (including phenoxy) is 1. The molecule has 1 saturated heterocycles. The highest BCUT2D eigenvalue weighted by Crippen LogP contribution is 2.39. The molecule has 1 aromatic heterocycles. The molecule has 2 unspecified atom stereocenters. The maximum Gasteiger partial charge on any atom is 0.0910 e. The quantitative estimate of drug-likeness (QED) is 0.771. The number of hydrogen-bond acceptors (Lipinski definition) is 4. The topological polar surface area (TPSA) is 73.3 Å². The van der Waals surface area contributed by atoms with Crippen LogP contribution in [-0.4, -0.2) is 34.6 Å². The minimum atomic E-state index is -0.591. The summed E-state index contributed by atoms with van der Waals surface area (Å²) in [6.45, 7) is 1.73. The second kappa shape index (κ2) is 4.53. The Balaban J connectivity index is 2.20. The Morgan fingerprint density at radius 1 is 1.75 bits per heavy atom. The van der Waals surface area contributed by atoms with Crippen LogP contribution in [0.2, 0.25) is 0 Å². The monoisotopic (exact) mass is 225 g/mol. The molecule has 0 bridgehead atoms. The largest absolute Gasteiger partial charge is 0.388 e. The van der Waals surface area contributed by atoms with Gasteiger partial charge in [-0.2, -0.15) is 5.10 Å².